The van der Waals surface area contributed by atoms with Crippen LogP contribution in [-0.2, 0) is 31.3 Å². The van der Waals surface area contributed by atoms with E-state index in [-0.39, 0.29) is 27.3 Å². The lowest BCUT2D eigenvalue weighted by atomic mass is 10.1. The van der Waals surface area contributed by atoms with Crippen LogP contribution in [0, 0.1) is 0 Å². The number of ether oxygens (including phenoxy) is 2. The maximum absolute atomic E-state index is 13.0. The highest BCUT2D eigenvalue weighted by atomic mass is 32.2. The Morgan fingerprint density at radius 1 is 0.455 bits per heavy atom. The minimum atomic E-state index is -4.41. The zero-order chi connectivity index (χ0) is 55.2. The molecule has 0 heterocycles. The first kappa shape index (κ1) is 57.5. The molecule has 0 spiro atoms. The van der Waals surface area contributed by atoms with Crippen molar-refractivity contribution in [2.24, 2.45) is 0 Å². The quantitative estimate of drug-likeness (QED) is 0.0495. The zero-order valence-electron chi connectivity index (χ0n) is 41.4. The minimum Gasteiger partial charge on any atom is -0.508 e. The second kappa shape index (κ2) is 26.2. The molecule has 9 aromatic carbocycles. The standard InChI is InChI=1S/C20H19O6PS.C20H19O4PS.C19H14O3S/c1-26-18-10-6-15(7-11-18)16-8-12-19(13-9-16)28(24,25)20-5-3-2-4-17(20)14-27(21,22)23;1-24-18-10-6-15(7-11-18)16-8-12-19(13-9-16)26-20-5-3-2-4-17(20)14-25(21,22)23;20-15-9-5-13(6-10-15)14-7-11-16(12-8-14)23-18-4-2-1-3-17(18)19(21)22/h2-13H,14H2,1H3,(H2,21,22,23);2-13H,14H2,1H3,(H2,21,22,23);1-12,20H,(H,21,22). The topological polar surface area (TPSA) is 225 Å². The number of sulfone groups is 1. The van der Waals surface area contributed by atoms with Crippen molar-refractivity contribution in [2.45, 2.75) is 41.7 Å². The van der Waals surface area contributed by atoms with Crippen LogP contribution >= 0.6 is 38.7 Å². The lowest BCUT2D eigenvalue weighted by molar-refractivity contribution is 0.0693. The molecule has 6 N–H and O–H groups in total. The monoisotopic (exact) mass is 1130 g/mol. The Balaban J connectivity index is 0.000000169. The van der Waals surface area contributed by atoms with Gasteiger partial charge in [0, 0.05) is 19.6 Å². The number of phenols is 1. The fourth-order valence-corrected chi connectivity index (χ4v) is 12.7. The normalized spacial score (nSPS) is 11.3. The van der Waals surface area contributed by atoms with Gasteiger partial charge in [-0.25, -0.2) is 13.2 Å². The van der Waals surface area contributed by atoms with Gasteiger partial charge in [0.15, 0.2) is 0 Å². The van der Waals surface area contributed by atoms with Gasteiger partial charge in [-0.3, -0.25) is 9.13 Å². The van der Waals surface area contributed by atoms with Crippen LogP contribution in [0.25, 0.3) is 33.4 Å². The predicted molar refractivity (Wildman–Crippen MR) is 302 cm³/mol. The number of hydrogen-bond donors (Lipinski definition) is 6. The van der Waals surface area contributed by atoms with Gasteiger partial charge < -0.3 is 39.3 Å². The summed E-state index contributed by atoms with van der Waals surface area (Å²) in [5.41, 5.74) is 7.06. The molecule has 0 radical (unpaired) electrons. The summed E-state index contributed by atoms with van der Waals surface area (Å²) < 4.78 is 59.0. The van der Waals surface area contributed by atoms with E-state index in [1.54, 1.807) is 68.8 Å². The molecule has 0 unspecified atom stereocenters. The molecule has 9 rings (SSSR count). The minimum absolute atomic E-state index is 0.0583. The summed E-state index contributed by atoms with van der Waals surface area (Å²) >= 11 is 2.93. The third-order valence-corrected chi connectivity index (χ3v) is 17.1. The van der Waals surface area contributed by atoms with Crippen molar-refractivity contribution in [1.82, 2.24) is 0 Å². The van der Waals surface area contributed by atoms with Gasteiger partial charge in [0.1, 0.15) is 17.2 Å². The van der Waals surface area contributed by atoms with Crippen LogP contribution in [-0.4, -0.2) is 58.4 Å². The van der Waals surface area contributed by atoms with E-state index >= 15 is 0 Å². The summed E-state index contributed by atoms with van der Waals surface area (Å²) in [7, 11) is -9.19. The van der Waals surface area contributed by atoms with E-state index in [2.05, 4.69) is 0 Å². The van der Waals surface area contributed by atoms with E-state index < -0.39 is 37.2 Å². The van der Waals surface area contributed by atoms with Crippen LogP contribution in [0.1, 0.15) is 21.5 Å². The molecule has 0 atom stereocenters. The Labute approximate surface area is 455 Å². The highest BCUT2D eigenvalue weighted by Crippen LogP contribution is 2.44. The molecule has 18 heteroatoms. The number of phenolic OH excluding ortho intramolecular Hbond substituents is 1. The van der Waals surface area contributed by atoms with Gasteiger partial charge in [0.05, 0.1) is 41.9 Å². The Kier molecular flexibility index (Phi) is 19.6. The molecular formula is C59H52O13P2S3. The molecule has 394 valence electrons. The highest BCUT2D eigenvalue weighted by Gasteiger charge is 2.25. The lowest BCUT2D eigenvalue weighted by Crippen LogP contribution is -2.06. The summed E-state index contributed by atoms with van der Waals surface area (Å²) in [6.07, 6.45) is -0.882. The smallest absolute Gasteiger partial charge is 0.336 e. The molecule has 77 heavy (non-hydrogen) atoms. The number of carbonyl (C=O) groups is 1. The van der Waals surface area contributed by atoms with Crippen molar-refractivity contribution in [3.8, 4) is 50.6 Å². The molecule has 0 bridgehead atoms. The van der Waals surface area contributed by atoms with Crippen molar-refractivity contribution in [1.29, 1.82) is 0 Å². The molecule has 0 aliphatic heterocycles. The van der Waals surface area contributed by atoms with Gasteiger partial charge in [-0.15, -0.1) is 0 Å². The Morgan fingerprint density at radius 2 is 0.805 bits per heavy atom. The number of methoxy groups -OCH3 is 2. The van der Waals surface area contributed by atoms with Crippen molar-refractivity contribution in [3.63, 3.8) is 0 Å². The molecule has 0 amide bonds. The number of aromatic hydroxyl groups is 1. The third-order valence-electron chi connectivity index (χ3n) is 11.5. The Hall–Kier alpha value is -7.20. The van der Waals surface area contributed by atoms with Crippen LogP contribution < -0.4 is 9.47 Å². The van der Waals surface area contributed by atoms with Crippen LogP contribution in [0.3, 0.4) is 0 Å². The Morgan fingerprint density at radius 3 is 1.25 bits per heavy atom. The van der Waals surface area contributed by atoms with E-state index in [1.807, 2.05) is 133 Å². The first-order valence-corrected chi connectivity index (χ1v) is 30.1. The van der Waals surface area contributed by atoms with E-state index in [0.29, 0.717) is 11.1 Å². The van der Waals surface area contributed by atoms with Crippen molar-refractivity contribution in [3.05, 3.63) is 235 Å². The summed E-state index contributed by atoms with van der Waals surface area (Å²) in [5, 5.41) is 18.6. The highest BCUT2D eigenvalue weighted by molar-refractivity contribution is 7.99. The van der Waals surface area contributed by atoms with Gasteiger partial charge >= 0.3 is 21.2 Å². The van der Waals surface area contributed by atoms with E-state index in [0.717, 1.165) is 64.5 Å². The fourth-order valence-electron chi connectivity index (χ4n) is 7.67. The number of rotatable bonds is 16. The summed E-state index contributed by atoms with van der Waals surface area (Å²) in [4.78, 5) is 51.8. The van der Waals surface area contributed by atoms with Crippen LogP contribution in [0.2, 0.25) is 0 Å². The van der Waals surface area contributed by atoms with Crippen LogP contribution in [0.4, 0.5) is 0 Å². The first-order chi connectivity index (χ1) is 36.8. The summed E-state index contributed by atoms with van der Waals surface area (Å²) in [5.74, 6) is 0.868. The molecule has 0 aliphatic rings. The molecule has 0 aliphatic carbocycles. The van der Waals surface area contributed by atoms with Gasteiger partial charge in [-0.2, -0.15) is 0 Å². The molecule has 0 saturated heterocycles. The predicted octanol–water partition coefficient (Wildman–Crippen LogP) is 14.0. The maximum Gasteiger partial charge on any atom is 0.336 e. The summed E-state index contributed by atoms with van der Waals surface area (Å²) in [6, 6.07) is 64.8. The van der Waals surface area contributed by atoms with Crippen LogP contribution in [0.15, 0.2) is 248 Å². The van der Waals surface area contributed by atoms with Gasteiger partial charge in [0.2, 0.25) is 9.84 Å². The van der Waals surface area contributed by atoms with E-state index in [4.69, 9.17) is 9.47 Å². The van der Waals surface area contributed by atoms with Crippen LogP contribution in [0.5, 0.6) is 17.2 Å². The maximum atomic E-state index is 13.0. The van der Waals surface area contributed by atoms with Gasteiger partial charge in [0.25, 0.3) is 0 Å². The molecular weight excluding hydrogens is 1070 g/mol. The second-order valence-electron chi connectivity index (χ2n) is 16.9. The Bertz CT molecular complexity index is 3620. The number of aromatic carboxylic acids is 1. The largest absolute Gasteiger partial charge is 0.508 e. The zero-order valence-corrected chi connectivity index (χ0v) is 45.6. The van der Waals surface area contributed by atoms with E-state index in [9.17, 15) is 52.1 Å². The molecule has 0 saturated carbocycles. The number of hydrogen-bond acceptors (Lipinski definition) is 10. The molecule has 0 aromatic heterocycles. The van der Waals surface area contributed by atoms with Crippen molar-refractivity contribution >= 4 is 54.5 Å². The third kappa shape index (κ3) is 16.6. The first-order valence-electron chi connectivity index (χ1n) is 23.3. The van der Waals surface area contributed by atoms with Crippen molar-refractivity contribution < 1.29 is 61.6 Å². The summed E-state index contributed by atoms with van der Waals surface area (Å²) in [6.45, 7) is 0. The number of benzene rings is 9. The average Bonchev–Trinajstić information content (AvgIpc) is 3.42. The van der Waals surface area contributed by atoms with Crippen molar-refractivity contribution in [2.75, 3.05) is 14.2 Å². The number of carboxylic acid groups (broad SMARTS) is 1. The number of carboxylic acids is 1. The van der Waals surface area contributed by atoms with E-state index in [1.165, 1.54) is 53.9 Å². The lowest BCUT2D eigenvalue weighted by Gasteiger charge is -2.12. The molecule has 13 nitrogen and oxygen atoms in total. The second-order valence-corrected chi connectivity index (χ2v) is 24.4. The SMILES string of the molecule is COc1ccc(-c2ccc(S(=O)(=O)c3ccccc3CP(=O)(O)O)cc2)cc1.COc1ccc(-c2ccc(Sc3ccccc3CP(=O)(O)O)cc2)cc1.O=C(O)c1ccccc1Sc1ccc(-c2ccc(O)cc2)cc1. The van der Waals surface area contributed by atoms with Gasteiger partial charge in [-0.1, -0.05) is 145 Å². The van der Waals surface area contributed by atoms with Gasteiger partial charge in [-0.05, 0) is 142 Å². The average molecular weight is 1130 g/mol. The fraction of sp³-hybridized carbons (Fsp3) is 0.0678. The molecule has 9 aromatic rings. The molecule has 0 fully saturated rings.